The van der Waals surface area contributed by atoms with Crippen molar-refractivity contribution in [2.24, 2.45) is 0 Å². The summed E-state index contributed by atoms with van der Waals surface area (Å²) in [6, 6.07) is 9.22. The second-order valence-electron chi connectivity index (χ2n) is 12.5. The summed E-state index contributed by atoms with van der Waals surface area (Å²) in [6.45, 7) is 18.4. The van der Waals surface area contributed by atoms with Crippen LogP contribution < -0.4 is 19.7 Å². The van der Waals surface area contributed by atoms with Crippen LogP contribution in [-0.4, -0.2) is 65.0 Å². The largest absolute Gasteiger partial charge is 0.490 e. The molecule has 2 aromatic heterocycles. The van der Waals surface area contributed by atoms with Crippen LogP contribution >= 0.6 is 11.6 Å². The van der Waals surface area contributed by atoms with Crippen molar-refractivity contribution < 1.29 is 32.9 Å². The van der Waals surface area contributed by atoms with Gasteiger partial charge < -0.3 is 29.2 Å². The fraction of sp³-hybridized carbons (Fsp3) is 0.351. The predicted molar refractivity (Wildman–Crippen MR) is 190 cm³/mol. The van der Waals surface area contributed by atoms with Gasteiger partial charge in [0.15, 0.2) is 17.4 Å². The number of anilines is 1. The maximum atomic E-state index is 13.9. The maximum Gasteiger partial charge on any atom is 0.340 e. The number of hydrogen-bond acceptors (Lipinski definition) is 9. The van der Waals surface area contributed by atoms with E-state index in [9.17, 15) is 14.0 Å². The van der Waals surface area contributed by atoms with Gasteiger partial charge in [-0.05, 0) is 52.8 Å². The van der Waals surface area contributed by atoms with Gasteiger partial charge in [-0.15, -0.1) is 6.58 Å². The third-order valence-corrected chi connectivity index (χ3v) is 8.12. The molecule has 3 heterocycles. The van der Waals surface area contributed by atoms with Crippen molar-refractivity contribution in [3.05, 3.63) is 95.1 Å². The topological polar surface area (TPSA) is 117 Å². The summed E-state index contributed by atoms with van der Waals surface area (Å²) in [5, 5.41) is 7.87. The summed E-state index contributed by atoms with van der Waals surface area (Å²) < 4.78 is 38.8. The number of aromatic nitrogens is 3. The van der Waals surface area contributed by atoms with Gasteiger partial charge in [0.05, 0.1) is 35.2 Å². The highest BCUT2D eigenvalue weighted by atomic mass is 35.5. The molecule has 0 aliphatic carbocycles. The average Bonchev–Trinajstić information content (AvgIpc) is 3.49. The SMILES string of the molecule is C=CCOc1cc(F)ccc1CNC(=O)c1cc2nc(C)c([C@H](OC(C)(C)C)C(=O)OCC)c(-c3ccc4c(c3Cl)N(CC=C)CCO4)n2n1. The Balaban J connectivity index is 1.68. The van der Waals surface area contributed by atoms with Crippen LogP contribution in [0, 0.1) is 12.7 Å². The molecule has 0 unspecified atom stereocenters. The summed E-state index contributed by atoms with van der Waals surface area (Å²) in [5.74, 6) is -0.723. The molecule has 1 atom stereocenters. The number of nitrogens with zero attached hydrogens (tertiary/aromatic N) is 4. The van der Waals surface area contributed by atoms with E-state index in [-0.39, 0.29) is 31.2 Å². The molecule has 0 saturated carbocycles. The Labute approximate surface area is 295 Å². The number of ether oxygens (including phenoxy) is 4. The van der Waals surface area contributed by atoms with Crippen molar-refractivity contribution in [1.82, 2.24) is 19.9 Å². The zero-order valence-corrected chi connectivity index (χ0v) is 29.6. The monoisotopic (exact) mass is 705 g/mol. The van der Waals surface area contributed by atoms with Gasteiger partial charge >= 0.3 is 5.97 Å². The molecule has 1 N–H and O–H groups in total. The number of carbonyl (C=O) groups excluding carboxylic acids is 2. The van der Waals surface area contributed by atoms with Crippen LogP contribution in [0.4, 0.5) is 10.1 Å². The number of halogens is 2. The molecule has 4 aromatic rings. The van der Waals surface area contributed by atoms with Gasteiger partial charge in [0, 0.05) is 47.6 Å². The quantitative estimate of drug-likeness (QED) is 0.119. The number of esters is 1. The zero-order valence-electron chi connectivity index (χ0n) is 28.8. The van der Waals surface area contributed by atoms with Crippen molar-refractivity contribution in [2.75, 3.05) is 37.8 Å². The summed E-state index contributed by atoms with van der Waals surface area (Å²) in [6.07, 6.45) is 2.11. The van der Waals surface area contributed by atoms with Crippen LogP contribution in [0.25, 0.3) is 16.9 Å². The number of carbonyl (C=O) groups is 2. The van der Waals surface area contributed by atoms with Crippen LogP contribution in [0.15, 0.2) is 61.7 Å². The third kappa shape index (κ3) is 7.76. The van der Waals surface area contributed by atoms with Crippen LogP contribution in [0.1, 0.15) is 61.1 Å². The van der Waals surface area contributed by atoms with E-state index < -0.39 is 29.4 Å². The molecule has 1 aliphatic heterocycles. The van der Waals surface area contributed by atoms with E-state index >= 15 is 0 Å². The van der Waals surface area contributed by atoms with Gasteiger partial charge in [-0.1, -0.05) is 36.4 Å². The van der Waals surface area contributed by atoms with Gasteiger partial charge in [-0.25, -0.2) is 18.7 Å². The summed E-state index contributed by atoms with van der Waals surface area (Å²) in [4.78, 5) is 34.0. The molecule has 1 aliphatic rings. The number of rotatable bonds is 13. The highest BCUT2D eigenvalue weighted by Crippen LogP contribution is 2.46. The molecular formula is C37H41ClFN5O6. The first-order valence-electron chi connectivity index (χ1n) is 16.2. The lowest BCUT2D eigenvalue weighted by Crippen LogP contribution is -2.33. The lowest BCUT2D eigenvalue weighted by atomic mass is 9.97. The smallest absolute Gasteiger partial charge is 0.340 e. The minimum atomic E-state index is -1.22. The molecule has 0 fully saturated rings. The molecule has 0 spiro atoms. The van der Waals surface area contributed by atoms with E-state index in [4.69, 9.17) is 40.6 Å². The van der Waals surface area contributed by atoms with Gasteiger partial charge in [0.1, 0.15) is 30.5 Å². The molecule has 1 amide bonds. The number of nitrogens with one attached hydrogen (secondary N) is 1. The standard InChI is InChI=1S/C37H41ClFN5O6/c1-8-15-43-16-18-49-27-14-13-25(31(38)33(27)43)32-30(34(36(46)47-10-3)50-37(5,6)7)22(4)41-29-20-26(42-44(29)32)35(45)40-21-23-11-12-24(39)19-28(23)48-17-9-2/h8-9,11-14,19-20,34H,1-2,10,15-18,21H2,3-7H3,(H,40,45)/t34-/m0/s1. The molecular weight excluding hydrogens is 665 g/mol. The first-order chi connectivity index (χ1) is 23.9. The number of hydrogen-bond donors (Lipinski definition) is 1. The summed E-state index contributed by atoms with van der Waals surface area (Å²) in [7, 11) is 0. The predicted octanol–water partition coefficient (Wildman–Crippen LogP) is 6.80. The number of benzene rings is 2. The van der Waals surface area contributed by atoms with Crippen molar-refractivity contribution in [3.63, 3.8) is 0 Å². The lowest BCUT2D eigenvalue weighted by Gasteiger charge is -2.32. The summed E-state index contributed by atoms with van der Waals surface area (Å²) in [5.41, 5.74) is 2.55. The average molecular weight is 706 g/mol. The Hall–Kier alpha value is -4.94. The Morgan fingerprint density at radius 3 is 2.66 bits per heavy atom. The molecule has 13 heteroatoms. The second-order valence-corrected chi connectivity index (χ2v) is 12.9. The fourth-order valence-electron chi connectivity index (χ4n) is 5.69. The number of aryl methyl sites for hydroxylation is 1. The molecule has 11 nitrogen and oxygen atoms in total. The van der Waals surface area contributed by atoms with Crippen LogP contribution in [0.5, 0.6) is 11.5 Å². The third-order valence-electron chi connectivity index (χ3n) is 7.74. The molecule has 2 aromatic carbocycles. The molecule has 264 valence electrons. The number of amides is 1. The van der Waals surface area contributed by atoms with Gasteiger partial charge in [-0.3, -0.25) is 4.79 Å². The summed E-state index contributed by atoms with van der Waals surface area (Å²) >= 11 is 7.25. The van der Waals surface area contributed by atoms with Crippen LogP contribution in [0.2, 0.25) is 5.02 Å². The van der Waals surface area contributed by atoms with E-state index in [1.807, 2.05) is 26.8 Å². The fourth-order valence-corrected chi connectivity index (χ4v) is 6.06. The molecule has 5 rings (SSSR count). The molecule has 50 heavy (non-hydrogen) atoms. The molecule has 0 saturated heterocycles. The molecule has 0 radical (unpaired) electrons. The minimum absolute atomic E-state index is 0.0319. The van der Waals surface area contributed by atoms with Crippen molar-refractivity contribution in [2.45, 2.75) is 52.9 Å². The first-order valence-corrected chi connectivity index (χ1v) is 16.6. The maximum absolute atomic E-state index is 13.9. The van der Waals surface area contributed by atoms with Crippen LogP contribution in [-0.2, 0) is 20.8 Å². The Morgan fingerprint density at radius 1 is 1.18 bits per heavy atom. The van der Waals surface area contributed by atoms with Crippen molar-refractivity contribution in [1.29, 1.82) is 0 Å². The normalized spacial score (nSPS) is 13.3. The Kier molecular flexibility index (Phi) is 11.1. The van der Waals surface area contributed by atoms with Crippen molar-refractivity contribution >= 4 is 34.8 Å². The molecule has 0 bridgehead atoms. The van der Waals surface area contributed by atoms with E-state index in [0.29, 0.717) is 69.9 Å². The van der Waals surface area contributed by atoms with Gasteiger partial charge in [-0.2, -0.15) is 5.10 Å². The Morgan fingerprint density at radius 2 is 1.96 bits per heavy atom. The second kappa shape index (κ2) is 15.3. The van der Waals surface area contributed by atoms with E-state index in [1.165, 1.54) is 22.7 Å². The lowest BCUT2D eigenvalue weighted by molar-refractivity contribution is -0.166. The highest BCUT2D eigenvalue weighted by Gasteiger charge is 2.36. The van der Waals surface area contributed by atoms with Gasteiger partial charge in [0.25, 0.3) is 5.91 Å². The van der Waals surface area contributed by atoms with Crippen LogP contribution in [0.3, 0.4) is 0 Å². The number of fused-ring (bicyclic) bond motifs is 2. The zero-order chi connectivity index (χ0) is 36.2. The van der Waals surface area contributed by atoms with E-state index in [0.717, 1.165) is 0 Å². The minimum Gasteiger partial charge on any atom is -0.490 e. The van der Waals surface area contributed by atoms with E-state index in [2.05, 4.69) is 23.4 Å². The van der Waals surface area contributed by atoms with Gasteiger partial charge in [0.2, 0.25) is 0 Å². The highest BCUT2D eigenvalue weighted by molar-refractivity contribution is 6.36. The first kappa shape index (κ1) is 36.3. The van der Waals surface area contributed by atoms with Crippen molar-refractivity contribution in [3.8, 4) is 22.8 Å². The van der Waals surface area contributed by atoms with E-state index in [1.54, 1.807) is 38.1 Å². The Bertz CT molecular complexity index is 1940.